The number of thioether (sulfide) groups is 1. The number of nitrogens with one attached hydrogen (secondary N) is 1. The molecule has 0 saturated heterocycles. The molecule has 0 atom stereocenters. The molecular formula is C24H25N7O10S. The third-order valence-corrected chi connectivity index (χ3v) is 5.71. The lowest BCUT2D eigenvalue weighted by molar-refractivity contribution is -0.395. The molecule has 0 radical (unpaired) electrons. The summed E-state index contributed by atoms with van der Waals surface area (Å²) in [5, 5.41) is 44.1. The fraction of sp³-hybridized carbons (Fsp3) is 0.333. The Morgan fingerprint density at radius 3 is 2.02 bits per heavy atom. The largest absolute Gasteiger partial charge is 0.494 e. The molecule has 0 fully saturated rings. The van der Waals surface area contributed by atoms with Gasteiger partial charge in [0.05, 0.1) is 47.6 Å². The zero-order valence-corrected chi connectivity index (χ0v) is 23.6. The fourth-order valence-electron chi connectivity index (χ4n) is 3.45. The molecule has 222 valence electrons. The highest BCUT2D eigenvalue weighted by molar-refractivity contribution is 8.03. The lowest BCUT2D eigenvalue weighted by Crippen LogP contribution is -2.36. The van der Waals surface area contributed by atoms with Crippen LogP contribution in [0.5, 0.6) is 5.75 Å². The summed E-state index contributed by atoms with van der Waals surface area (Å²) in [4.78, 5) is 58.9. The molecular weight excluding hydrogens is 578 g/mol. The monoisotopic (exact) mass is 603 g/mol. The van der Waals surface area contributed by atoms with E-state index in [-0.39, 0.29) is 40.9 Å². The number of nitro groups is 2. The highest BCUT2D eigenvalue weighted by Crippen LogP contribution is 2.42. The predicted octanol–water partition coefficient (Wildman–Crippen LogP) is 4.39. The second kappa shape index (κ2) is 15.5. The molecule has 0 heterocycles. The summed E-state index contributed by atoms with van der Waals surface area (Å²) in [7, 11) is 1.29. The number of carbonyl (C=O) groups is 3. The number of nitriles is 1. The predicted molar refractivity (Wildman–Crippen MR) is 148 cm³/mol. The van der Waals surface area contributed by atoms with Crippen LogP contribution in [0.15, 0.2) is 39.4 Å². The molecule has 18 heteroatoms. The first-order chi connectivity index (χ1) is 19.9. The number of nitro benzene ring substituents is 2. The minimum absolute atomic E-state index is 0.0101. The number of azo groups is 1. The van der Waals surface area contributed by atoms with Gasteiger partial charge in [-0.1, -0.05) is 0 Å². The van der Waals surface area contributed by atoms with Crippen LogP contribution in [0.3, 0.4) is 0 Å². The number of nitrogens with zero attached hydrogens (tertiary/aromatic N) is 6. The molecule has 0 aliphatic carbocycles. The quantitative estimate of drug-likeness (QED) is 0.0789. The van der Waals surface area contributed by atoms with Crippen LogP contribution in [0, 0.1) is 30.9 Å². The maximum atomic E-state index is 12.3. The SMILES string of the molecule is CCOC(=O)CN(CC(=O)OCC)c1cc(NC(C)=O)c(/N=N/c2cc(SC#N)c([N+](=O)[O-])cc2[N+](=O)[O-])cc1OC. The van der Waals surface area contributed by atoms with E-state index in [2.05, 4.69) is 15.5 Å². The molecule has 1 N–H and O–H groups in total. The number of ether oxygens (including phenoxy) is 3. The van der Waals surface area contributed by atoms with Gasteiger partial charge in [-0.2, -0.15) is 5.26 Å². The normalized spacial score (nSPS) is 10.5. The topological polar surface area (TPSA) is 229 Å². The van der Waals surface area contributed by atoms with Crippen molar-refractivity contribution in [2.24, 2.45) is 10.2 Å². The van der Waals surface area contributed by atoms with E-state index in [4.69, 9.17) is 19.5 Å². The smallest absolute Gasteiger partial charge is 0.325 e. The summed E-state index contributed by atoms with van der Waals surface area (Å²) in [5.41, 5.74) is -1.73. The molecule has 0 bridgehead atoms. The van der Waals surface area contributed by atoms with E-state index in [1.807, 2.05) is 0 Å². The lowest BCUT2D eigenvalue weighted by atomic mass is 10.2. The van der Waals surface area contributed by atoms with Gasteiger partial charge in [-0.15, -0.1) is 10.2 Å². The summed E-state index contributed by atoms with van der Waals surface area (Å²) in [6.45, 7) is 3.81. The van der Waals surface area contributed by atoms with Crippen LogP contribution >= 0.6 is 11.8 Å². The number of amides is 1. The van der Waals surface area contributed by atoms with Gasteiger partial charge in [-0.25, -0.2) is 0 Å². The van der Waals surface area contributed by atoms with Crippen molar-refractivity contribution in [3.63, 3.8) is 0 Å². The first-order valence-corrected chi connectivity index (χ1v) is 12.8. The van der Waals surface area contributed by atoms with Crippen LogP contribution in [0.1, 0.15) is 20.8 Å². The summed E-state index contributed by atoms with van der Waals surface area (Å²) in [6.07, 6.45) is 0. The number of methoxy groups -OCH3 is 1. The average Bonchev–Trinajstić information content (AvgIpc) is 2.91. The third-order valence-electron chi connectivity index (χ3n) is 5.07. The van der Waals surface area contributed by atoms with E-state index in [9.17, 15) is 34.6 Å². The maximum absolute atomic E-state index is 12.3. The molecule has 0 aromatic heterocycles. The van der Waals surface area contributed by atoms with Gasteiger partial charge in [0.2, 0.25) is 5.91 Å². The number of esters is 2. The molecule has 17 nitrogen and oxygen atoms in total. The van der Waals surface area contributed by atoms with Crippen molar-refractivity contribution in [3.05, 3.63) is 44.5 Å². The number of carbonyl (C=O) groups excluding carboxylic acids is 3. The Hall–Kier alpha value is -5.31. The van der Waals surface area contributed by atoms with E-state index in [1.54, 1.807) is 19.2 Å². The Labute approximate surface area is 242 Å². The van der Waals surface area contributed by atoms with Gasteiger partial charge in [-0.3, -0.25) is 34.6 Å². The molecule has 0 unspecified atom stereocenters. The Bertz CT molecular complexity index is 1440. The minimum atomic E-state index is -0.900. The van der Waals surface area contributed by atoms with Gasteiger partial charge < -0.3 is 24.4 Å². The average molecular weight is 604 g/mol. The minimum Gasteiger partial charge on any atom is -0.494 e. The zero-order chi connectivity index (χ0) is 31.4. The first kappa shape index (κ1) is 32.9. The summed E-state index contributed by atoms with van der Waals surface area (Å²) in [6, 6.07) is 4.26. The Morgan fingerprint density at radius 2 is 1.55 bits per heavy atom. The Balaban J connectivity index is 2.72. The number of hydrogen-bond acceptors (Lipinski definition) is 15. The van der Waals surface area contributed by atoms with Gasteiger partial charge in [0, 0.05) is 13.0 Å². The van der Waals surface area contributed by atoms with E-state index in [0.717, 1.165) is 6.07 Å². The highest BCUT2D eigenvalue weighted by atomic mass is 32.2. The van der Waals surface area contributed by atoms with Crippen molar-refractivity contribution in [2.45, 2.75) is 25.7 Å². The number of anilines is 2. The Morgan fingerprint density at radius 1 is 0.976 bits per heavy atom. The fourth-order valence-corrected chi connectivity index (χ4v) is 3.95. The van der Waals surface area contributed by atoms with E-state index >= 15 is 0 Å². The molecule has 0 aliphatic heterocycles. The van der Waals surface area contributed by atoms with Crippen molar-refractivity contribution >= 4 is 63.7 Å². The number of hydrogen-bond donors (Lipinski definition) is 1. The van der Waals surface area contributed by atoms with Gasteiger partial charge in [0.1, 0.15) is 34.8 Å². The number of rotatable bonds is 14. The lowest BCUT2D eigenvalue weighted by Gasteiger charge is -2.25. The van der Waals surface area contributed by atoms with Crippen LogP contribution in [-0.4, -0.2) is 61.1 Å². The van der Waals surface area contributed by atoms with E-state index < -0.39 is 57.8 Å². The summed E-state index contributed by atoms with van der Waals surface area (Å²) in [5.74, 6) is -1.81. The summed E-state index contributed by atoms with van der Waals surface area (Å²) < 4.78 is 15.4. The second-order valence-electron chi connectivity index (χ2n) is 7.90. The van der Waals surface area contributed by atoms with Crippen LogP contribution in [0.2, 0.25) is 0 Å². The molecule has 0 spiro atoms. The molecule has 0 aliphatic rings. The van der Waals surface area contributed by atoms with Crippen molar-refractivity contribution in [3.8, 4) is 11.2 Å². The van der Waals surface area contributed by atoms with Crippen LogP contribution < -0.4 is 15.0 Å². The zero-order valence-electron chi connectivity index (χ0n) is 22.8. The highest BCUT2D eigenvalue weighted by Gasteiger charge is 2.26. The number of benzene rings is 2. The standard InChI is InChI=1S/C24H25N7O10S/c1-5-40-23(33)11-29(12-24(34)41-6-2)19-7-15(26-14(3)32)16(8-21(19)39-4)27-28-17-9-22(42-13-25)20(31(37)38)10-18(17)30(35)36/h7-10H,5-6,11-12H2,1-4H3,(H,26,32)/b28-27+. The van der Waals surface area contributed by atoms with Gasteiger partial charge >= 0.3 is 17.6 Å². The van der Waals surface area contributed by atoms with E-state index in [0.29, 0.717) is 17.8 Å². The first-order valence-electron chi connectivity index (χ1n) is 12.0. The molecule has 2 aromatic carbocycles. The van der Waals surface area contributed by atoms with Crippen LogP contribution in [0.4, 0.5) is 34.1 Å². The number of thiocyanates is 1. The molecule has 2 rings (SSSR count). The maximum Gasteiger partial charge on any atom is 0.325 e. The molecule has 2 aromatic rings. The third kappa shape index (κ3) is 8.85. The van der Waals surface area contributed by atoms with Gasteiger partial charge in [0.25, 0.3) is 5.69 Å². The molecule has 42 heavy (non-hydrogen) atoms. The van der Waals surface area contributed by atoms with Gasteiger partial charge in [-0.05, 0) is 37.7 Å². The molecule has 0 saturated carbocycles. The van der Waals surface area contributed by atoms with Crippen molar-refractivity contribution < 1.29 is 38.4 Å². The van der Waals surface area contributed by atoms with Crippen molar-refractivity contribution in [1.82, 2.24) is 0 Å². The van der Waals surface area contributed by atoms with Gasteiger partial charge in [0.15, 0.2) is 5.69 Å². The van der Waals surface area contributed by atoms with Crippen LogP contribution in [0.25, 0.3) is 0 Å². The van der Waals surface area contributed by atoms with Crippen molar-refractivity contribution in [1.29, 1.82) is 5.26 Å². The second-order valence-corrected chi connectivity index (χ2v) is 8.73. The molecule has 1 amide bonds. The summed E-state index contributed by atoms with van der Waals surface area (Å²) >= 11 is 0.407. The van der Waals surface area contributed by atoms with Crippen molar-refractivity contribution in [2.75, 3.05) is 43.6 Å². The van der Waals surface area contributed by atoms with E-state index in [1.165, 1.54) is 31.1 Å². The van der Waals surface area contributed by atoms with Crippen LogP contribution in [-0.2, 0) is 23.9 Å². The Kier molecular flexibility index (Phi) is 12.1.